The lowest BCUT2D eigenvalue weighted by Gasteiger charge is -2.10. The molecule has 0 atom stereocenters. The second-order valence-electron chi connectivity index (χ2n) is 5.54. The highest BCUT2D eigenvalue weighted by molar-refractivity contribution is 5.67. The molecule has 1 N–H and O–H groups in total. The van der Waals surface area contributed by atoms with E-state index < -0.39 is 0 Å². The lowest BCUT2D eigenvalue weighted by atomic mass is 10.1. The monoisotopic (exact) mass is 337 g/mol. The van der Waals surface area contributed by atoms with E-state index >= 15 is 0 Å². The molecule has 0 aliphatic heterocycles. The maximum atomic E-state index is 13.8. The summed E-state index contributed by atoms with van der Waals surface area (Å²) in [4.78, 5) is 0. The standard InChI is InChI=1S/C18H13F2N5/c19-15-7-5-12(6-8-15)14-9-13(18-22-23-24-25(18)11-14)10-21-17-4-2-1-3-16(17)20/h1-9,11,21H,10H2. The number of pyridine rings is 1. The second-order valence-corrected chi connectivity index (χ2v) is 5.54. The molecule has 0 saturated heterocycles. The molecule has 124 valence electrons. The molecule has 0 radical (unpaired) electrons. The molecule has 4 rings (SSSR count). The van der Waals surface area contributed by atoms with Gasteiger partial charge in [-0.3, -0.25) is 0 Å². The van der Waals surface area contributed by atoms with Crippen molar-refractivity contribution in [3.63, 3.8) is 0 Å². The molecule has 5 nitrogen and oxygen atoms in total. The summed E-state index contributed by atoms with van der Waals surface area (Å²) in [5, 5.41) is 14.7. The van der Waals surface area contributed by atoms with Gasteiger partial charge in [0.1, 0.15) is 11.6 Å². The van der Waals surface area contributed by atoms with E-state index in [9.17, 15) is 8.78 Å². The minimum Gasteiger partial charge on any atom is -0.378 e. The van der Waals surface area contributed by atoms with Crippen molar-refractivity contribution < 1.29 is 8.78 Å². The van der Waals surface area contributed by atoms with E-state index in [2.05, 4.69) is 20.8 Å². The Morgan fingerprint density at radius 2 is 1.76 bits per heavy atom. The lowest BCUT2D eigenvalue weighted by molar-refractivity contribution is 0.628. The highest BCUT2D eigenvalue weighted by Gasteiger charge is 2.10. The first-order valence-electron chi connectivity index (χ1n) is 7.66. The molecule has 0 saturated carbocycles. The minimum atomic E-state index is -0.326. The summed E-state index contributed by atoms with van der Waals surface area (Å²) in [7, 11) is 0. The SMILES string of the molecule is Fc1ccc(-c2cc(CNc3ccccc3F)c3nnnn3c2)cc1. The Labute approximate surface area is 141 Å². The van der Waals surface area contributed by atoms with Crippen molar-refractivity contribution in [3.05, 3.63) is 78.0 Å². The molecule has 7 heteroatoms. The summed E-state index contributed by atoms with van der Waals surface area (Å²) in [6, 6.07) is 14.5. The molecular formula is C18H13F2N5. The second kappa shape index (κ2) is 6.27. The molecular weight excluding hydrogens is 324 g/mol. The normalized spacial score (nSPS) is 11.0. The van der Waals surface area contributed by atoms with Crippen molar-refractivity contribution in [3.8, 4) is 11.1 Å². The van der Waals surface area contributed by atoms with Gasteiger partial charge in [-0.15, -0.1) is 5.10 Å². The molecule has 2 aromatic heterocycles. The number of hydrogen-bond acceptors (Lipinski definition) is 4. The van der Waals surface area contributed by atoms with Gasteiger partial charge in [0, 0.05) is 23.9 Å². The number of anilines is 1. The first kappa shape index (κ1) is 15.2. The summed E-state index contributed by atoms with van der Waals surface area (Å²) in [6.07, 6.45) is 1.77. The van der Waals surface area contributed by atoms with Gasteiger partial charge in [0.05, 0.1) is 5.69 Å². The zero-order valence-electron chi connectivity index (χ0n) is 13.0. The van der Waals surface area contributed by atoms with Crippen LogP contribution >= 0.6 is 0 Å². The van der Waals surface area contributed by atoms with Gasteiger partial charge in [0.15, 0.2) is 5.65 Å². The predicted molar refractivity (Wildman–Crippen MR) is 89.9 cm³/mol. The van der Waals surface area contributed by atoms with Crippen molar-refractivity contribution >= 4 is 11.3 Å². The minimum absolute atomic E-state index is 0.298. The van der Waals surface area contributed by atoms with Gasteiger partial charge in [-0.25, -0.2) is 8.78 Å². The van der Waals surface area contributed by atoms with Crippen LogP contribution in [0.5, 0.6) is 0 Å². The molecule has 2 heterocycles. The number of nitrogens with zero attached hydrogens (tertiary/aromatic N) is 4. The van der Waals surface area contributed by atoms with Gasteiger partial charge >= 0.3 is 0 Å². The van der Waals surface area contributed by atoms with E-state index in [1.54, 1.807) is 41.0 Å². The molecule has 0 aliphatic carbocycles. The number of aromatic nitrogens is 4. The number of halogens is 2. The molecule has 0 amide bonds. The Bertz CT molecular complexity index is 1030. The highest BCUT2D eigenvalue weighted by atomic mass is 19.1. The van der Waals surface area contributed by atoms with E-state index in [-0.39, 0.29) is 11.6 Å². The molecule has 0 aliphatic rings. The fraction of sp³-hybridized carbons (Fsp3) is 0.0556. The van der Waals surface area contributed by atoms with Gasteiger partial charge < -0.3 is 5.32 Å². The number of tetrazole rings is 1. The van der Waals surface area contributed by atoms with E-state index in [1.807, 2.05) is 6.07 Å². The third-order valence-electron chi connectivity index (χ3n) is 3.89. The van der Waals surface area contributed by atoms with E-state index in [0.717, 1.165) is 16.7 Å². The van der Waals surface area contributed by atoms with Crippen LogP contribution in [0.4, 0.5) is 14.5 Å². The Morgan fingerprint density at radius 3 is 2.56 bits per heavy atom. The van der Waals surface area contributed by atoms with Gasteiger partial charge in [-0.1, -0.05) is 24.3 Å². The smallest absolute Gasteiger partial charge is 0.184 e. The van der Waals surface area contributed by atoms with Gasteiger partial charge in [0.2, 0.25) is 0 Å². The average Bonchev–Trinajstić information content (AvgIpc) is 3.10. The fourth-order valence-electron chi connectivity index (χ4n) is 2.64. The van der Waals surface area contributed by atoms with Crippen molar-refractivity contribution in [1.29, 1.82) is 0 Å². The summed E-state index contributed by atoms with van der Waals surface area (Å²) in [5.74, 6) is -0.624. The molecule has 0 bridgehead atoms. The highest BCUT2D eigenvalue weighted by Crippen LogP contribution is 2.23. The van der Waals surface area contributed by atoms with Crippen LogP contribution < -0.4 is 5.32 Å². The van der Waals surface area contributed by atoms with Gasteiger partial charge in [0.25, 0.3) is 0 Å². The summed E-state index contributed by atoms with van der Waals surface area (Å²) < 4.78 is 28.5. The third-order valence-corrected chi connectivity index (χ3v) is 3.89. The Hall–Kier alpha value is -3.35. The number of hydrogen-bond donors (Lipinski definition) is 1. The fourth-order valence-corrected chi connectivity index (χ4v) is 2.64. The van der Waals surface area contributed by atoms with Crippen LogP contribution in [0.15, 0.2) is 60.8 Å². The van der Waals surface area contributed by atoms with Crippen molar-refractivity contribution in [2.75, 3.05) is 5.32 Å². The Morgan fingerprint density at radius 1 is 0.960 bits per heavy atom. The van der Waals surface area contributed by atoms with Crippen LogP contribution in [0.3, 0.4) is 0 Å². The van der Waals surface area contributed by atoms with Crippen LogP contribution in [0, 0.1) is 11.6 Å². The van der Waals surface area contributed by atoms with Crippen LogP contribution in [-0.2, 0) is 6.54 Å². The lowest BCUT2D eigenvalue weighted by Crippen LogP contribution is -2.04. The molecule has 4 aromatic rings. The van der Waals surface area contributed by atoms with E-state index in [1.165, 1.54) is 18.2 Å². The zero-order valence-corrected chi connectivity index (χ0v) is 13.0. The molecule has 2 aromatic carbocycles. The van der Waals surface area contributed by atoms with Crippen LogP contribution in [0.25, 0.3) is 16.8 Å². The average molecular weight is 337 g/mol. The first-order chi connectivity index (χ1) is 12.2. The first-order valence-corrected chi connectivity index (χ1v) is 7.66. The van der Waals surface area contributed by atoms with Crippen molar-refractivity contribution in [2.24, 2.45) is 0 Å². The topological polar surface area (TPSA) is 55.1 Å². The number of rotatable bonds is 4. The summed E-state index contributed by atoms with van der Waals surface area (Å²) in [5.41, 5.74) is 3.46. The third kappa shape index (κ3) is 3.03. The van der Waals surface area contributed by atoms with E-state index in [0.29, 0.717) is 17.9 Å². The number of benzene rings is 2. The summed E-state index contributed by atoms with van der Waals surface area (Å²) in [6.45, 7) is 0.347. The molecule has 25 heavy (non-hydrogen) atoms. The van der Waals surface area contributed by atoms with Crippen LogP contribution in [-0.4, -0.2) is 20.0 Å². The maximum absolute atomic E-state index is 13.8. The van der Waals surface area contributed by atoms with Crippen molar-refractivity contribution in [2.45, 2.75) is 6.54 Å². The van der Waals surface area contributed by atoms with E-state index in [4.69, 9.17) is 0 Å². The number of nitrogens with one attached hydrogen (secondary N) is 1. The quantitative estimate of drug-likeness (QED) is 0.617. The van der Waals surface area contributed by atoms with Crippen LogP contribution in [0.2, 0.25) is 0 Å². The zero-order chi connectivity index (χ0) is 17.2. The molecule has 0 fully saturated rings. The predicted octanol–water partition coefficient (Wildman–Crippen LogP) is 3.68. The largest absolute Gasteiger partial charge is 0.378 e. The summed E-state index contributed by atoms with van der Waals surface area (Å²) >= 11 is 0. The maximum Gasteiger partial charge on any atom is 0.184 e. The Kier molecular flexibility index (Phi) is 3.81. The van der Waals surface area contributed by atoms with Crippen molar-refractivity contribution in [1.82, 2.24) is 20.0 Å². The van der Waals surface area contributed by atoms with Gasteiger partial charge in [-0.05, 0) is 46.3 Å². The number of para-hydroxylation sites is 1. The van der Waals surface area contributed by atoms with Crippen LogP contribution in [0.1, 0.15) is 5.56 Å². The van der Waals surface area contributed by atoms with Gasteiger partial charge in [-0.2, -0.15) is 4.52 Å². The molecule has 0 spiro atoms. The Balaban J connectivity index is 1.71. The molecule has 0 unspecified atom stereocenters. The number of fused-ring (bicyclic) bond motifs is 1.